The molecule has 0 aromatic heterocycles. The number of nitrogens with two attached hydrogens (primary N) is 1. The fraction of sp³-hybridized carbons (Fsp3) is 0.588. The lowest BCUT2D eigenvalue weighted by Crippen LogP contribution is -2.35. The predicted octanol–water partition coefficient (Wildman–Crippen LogP) is 4.05. The lowest BCUT2D eigenvalue weighted by Gasteiger charge is -2.30. The van der Waals surface area contributed by atoms with Crippen LogP contribution < -0.4 is 15.8 Å². The summed E-state index contributed by atoms with van der Waals surface area (Å²) >= 11 is 0. The van der Waals surface area contributed by atoms with Gasteiger partial charge in [-0.1, -0.05) is 19.1 Å². The van der Waals surface area contributed by atoms with E-state index in [9.17, 15) is 13.2 Å². The van der Waals surface area contributed by atoms with Crippen LogP contribution in [0.5, 0.6) is 5.75 Å². The van der Waals surface area contributed by atoms with Gasteiger partial charge in [-0.15, -0.1) is 37.1 Å². The maximum atomic E-state index is 12.4. The van der Waals surface area contributed by atoms with Gasteiger partial charge in [-0.3, -0.25) is 4.99 Å². The number of ether oxygens (including phenoxy) is 1. The SMILES string of the molecule is CCCN1CCC(CN=C(N)Nc2ccccc2OC(F)(F)F)CC1.I. The fourth-order valence-electron chi connectivity index (χ4n) is 2.90. The maximum Gasteiger partial charge on any atom is 0.573 e. The summed E-state index contributed by atoms with van der Waals surface area (Å²) in [6.07, 6.45) is -1.48. The lowest BCUT2D eigenvalue weighted by atomic mass is 9.97. The van der Waals surface area contributed by atoms with Crippen LogP contribution in [-0.2, 0) is 0 Å². The van der Waals surface area contributed by atoms with Crippen molar-refractivity contribution < 1.29 is 17.9 Å². The van der Waals surface area contributed by atoms with Crippen molar-refractivity contribution in [2.24, 2.45) is 16.6 Å². The van der Waals surface area contributed by atoms with Crippen LogP contribution in [0.4, 0.5) is 18.9 Å². The third-order valence-electron chi connectivity index (χ3n) is 4.14. The van der Waals surface area contributed by atoms with Crippen molar-refractivity contribution in [2.45, 2.75) is 32.5 Å². The summed E-state index contributed by atoms with van der Waals surface area (Å²) in [6.45, 7) is 5.98. The number of benzene rings is 1. The molecule has 1 saturated heterocycles. The number of para-hydroxylation sites is 2. The maximum absolute atomic E-state index is 12.4. The zero-order valence-corrected chi connectivity index (χ0v) is 17.1. The van der Waals surface area contributed by atoms with E-state index >= 15 is 0 Å². The number of rotatable bonds is 6. The smallest absolute Gasteiger partial charge is 0.404 e. The third-order valence-corrected chi connectivity index (χ3v) is 4.14. The van der Waals surface area contributed by atoms with Crippen molar-refractivity contribution in [3.05, 3.63) is 24.3 Å². The van der Waals surface area contributed by atoms with E-state index in [4.69, 9.17) is 5.73 Å². The van der Waals surface area contributed by atoms with Crippen LogP contribution in [0.3, 0.4) is 0 Å². The van der Waals surface area contributed by atoms with E-state index in [2.05, 4.69) is 26.9 Å². The topological polar surface area (TPSA) is 62.9 Å². The van der Waals surface area contributed by atoms with Crippen molar-refractivity contribution in [2.75, 3.05) is 31.5 Å². The molecule has 0 bridgehead atoms. The van der Waals surface area contributed by atoms with Gasteiger partial charge in [-0.05, 0) is 56.9 Å². The number of anilines is 1. The van der Waals surface area contributed by atoms with Gasteiger partial charge in [0, 0.05) is 6.54 Å². The number of aliphatic imine (C=N–C) groups is 1. The summed E-state index contributed by atoms with van der Waals surface area (Å²) in [5.41, 5.74) is 5.96. The fourth-order valence-corrected chi connectivity index (χ4v) is 2.90. The van der Waals surface area contributed by atoms with Crippen molar-refractivity contribution in [1.82, 2.24) is 4.90 Å². The third kappa shape index (κ3) is 7.98. The quantitative estimate of drug-likeness (QED) is 0.362. The second-order valence-electron chi connectivity index (χ2n) is 6.18. The van der Waals surface area contributed by atoms with Crippen LogP contribution in [0, 0.1) is 5.92 Å². The molecule has 9 heteroatoms. The first-order valence-corrected chi connectivity index (χ1v) is 8.51. The van der Waals surface area contributed by atoms with Crippen LogP contribution in [-0.4, -0.2) is 43.4 Å². The van der Waals surface area contributed by atoms with Gasteiger partial charge >= 0.3 is 6.36 Å². The van der Waals surface area contributed by atoms with Crippen LogP contribution in [0.25, 0.3) is 0 Å². The number of nitrogens with zero attached hydrogens (tertiary/aromatic N) is 2. The summed E-state index contributed by atoms with van der Waals surface area (Å²) in [7, 11) is 0. The molecule has 1 aromatic rings. The molecule has 3 N–H and O–H groups in total. The molecule has 1 aliphatic rings. The van der Waals surface area contributed by atoms with Gasteiger partial charge in [-0.2, -0.15) is 0 Å². The molecule has 5 nitrogen and oxygen atoms in total. The number of guanidine groups is 1. The highest BCUT2D eigenvalue weighted by Crippen LogP contribution is 2.29. The molecular weight excluding hydrogens is 460 g/mol. The van der Waals surface area contributed by atoms with Gasteiger partial charge in [-0.25, -0.2) is 0 Å². The Labute approximate surface area is 169 Å². The molecule has 0 unspecified atom stereocenters. The molecule has 0 radical (unpaired) electrons. The molecule has 0 spiro atoms. The first-order valence-electron chi connectivity index (χ1n) is 8.51. The van der Waals surface area contributed by atoms with Gasteiger partial charge in [0.25, 0.3) is 0 Å². The molecule has 0 amide bonds. The number of nitrogens with one attached hydrogen (secondary N) is 1. The minimum atomic E-state index is -4.75. The van der Waals surface area contributed by atoms with E-state index in [0.717, 1.165) is 38.9 Å². The van der Waals surface area contributed by atoms with Crippen molar-refractivity contribution in [3.8, 4) is 5.75 Å². The van der Waals surface area contributed by atoms with Crippen LogP contribution in [0.15, 0.2) is 29.3 Å². The second kappa shape index (κ2) is 10.8. The highest BCUT2D eigenvalue weighted by molar-refractivity contribution is 14.0. The zero-order valence-electron chi connectivity index (χ0n) is 14.8. The second-order valence-corrected chi connectivity index (χ2v) is 6.18. The lowest BCUT2D eigenvalue weighted by molar-refractivity contribution is -0.274. The van der Waals surface area contributed by atoms with E-state index in [1.54, 1.807) is 6.07 Å². The average molecular weight is 486 g/mol. The van der Waals surface area contributed by atoms with Crippen molar-refractivity contribution in [3.63, 3.8) is 0 Å². The van der Waals surface area contributed by atoms with E-state index < -0.39 is 6.36 Å². The number of halogens is 4. The number of hydrogen-bond acceptors (Lipinski definition) is 3. The summed E-state index contributed by atoms with van der Waals surface area (Å²) in [6, 6.07) is 5.76. The first kappa shape index (κ1) is 22.8. The Kier molecular flexibility index (Phi) is 9.48. The summed E-state index contributed by atoms with van der Waals surface area (Å²) in [4.78, 5) is 6.72. The molecule has 0 saturated carbocycles. The molecule has 1 fully saturated rings. The Morgan fingerprint density at radius 1 is 1.31 bits per heavy atom. The van der Waals surface area contributed by atoms with Gasteiger partial charge in [0.05, 0.1) is 5.69 Å². The molecule has 2 rings (SSSR count). The largest absolute Gasteiger partial charge is 0.573 e. The van der Waals surface area contributed by atoms with Crippen LogP contribution >= 0.6 is 24.0 Å². The van der Waals surface area contributed by atoms with Gasteiger partial charge in [0.15, 0.2) is 11.7 Å². The minimum absolute atomic E-state index is 0. The minimum Gasteiger partial charge on any atom is -0.404 e. The van der Waals surface area contributed by atoms with Gasteiger partial charge in [0.2, 0.25) is 0 Å². The number of likely N-dealkylation sites (tertiary alicyclic amines) is 1. The number of alkyl halides is 3. The van der Waals surface area contributed by atoms with Gasteiger partial charge < -0.3 is 20.7 Å². The Morgan fingerprint density at radius 2 is 1.96 bits per heavy atom. The van der Waals surface area contributed by atoms with E-state index in [0.29, 0.717) is 12.5 Å². The Bertz CT molecular complexity index is 575. The molecule has 0 atom stereocenters. The molecule has 1 aliphatic heterocycles. The number of piperidine rings is 1. The standard InChI is InChI=1S/C17H25F3N4O.HI/c1-2-9-24-10-7-13(8-11-24)12-22-16(21)23-14-5-3-4-6-15(14)25-17(18,19)20;/h3-6,13H,2,7-12H2,1H3,(H3,21,22,23);1H. The zero-order chi connectivity index (χ0) is 18.3. The average Bonchev–Trinajstić information content (AvgIpc) is 2.55. The van der Waals surface area contributed by atoms with Crippen molar-refractivity contribution >= 4 is 35.6 Å². The summed E-state index contributed by atoms with van der Waals surface area (Å²) in [5, 5.41) is 2.69. The first-order chi connectivity index (χ1) is 11.9. The molecular formula is C17H26F3IN4O. The van der Waals surface area contributed by atoms with E-state index in [1.165, 1.54) is 18.2 Å². The van der Waals surface area contributed by atoms with E-state index in [1.807, 2.05) is 0 Å². The van der Waals surface area contributed by atoms with Crippen LogP contribution in [0.2, 0.25) is 0 Å². The summed E-state index contributed by atoms with van der Waals surface area (Å²) in [5.74, 6) is 0.213. The van der Waals surface area contributed by atoms with Gasteiger partial charge in [0.1, 0.15) is 0 Å². The molecule has 0 aliphatic carbocycles. The molecule has 1 aromatic carbocycles. The Morgan fingerprint density at radius 3 is 2.58 bits per heavy atom. The highest BCUT2D eigenvalue weighted by Gasteiger charge is 2.32. The summed E-state index contributed by atoms with van der Waals surface area (Å²) < 4.78 is 41.2. The highest BCUT2D eigenvalue weighted by atomic mass is 127. The van der Waals surface area contributed by atoms with Crippen LogP contribution in [0.1, 0.15) is 26.2 Å². The van der Waals surface area contributed by atoms with E-state index in [-0.39, 0.29) is 41.4 Å². The monoisotopic (exact) mass is 486 g/mol. The molecule has 148 valence electrons. The Balaban J connectivity index is 0.00000338. The normalized spacial score (nSPS) is 16.8. The molecule has 1 heterocycles. The molecule has 26 heavy (non-hydrogen) atoms. The number of hydrogen-bond donors (Lipinski definition) is 2. The predicted molar refractivity (Wildman–Crippen MR) is 108 cm³/mol. The Hall–Kier alpha value is -1.23. The van der Waals surface area contributed by atoms with Crippen molar-refractivity contribution in [1.29, 1.82) is 0 Å².